The molecule has 1 amide bonds. The van der Waals surface area contributed by atoms with Crippen LogP contribution in [0, 0.1) is 0 Å². The highest BCUT2D eigenvalue weighted by molar-refractivity contribution is 7.89. The highest BCUT2D eigenvalue weighted by Gasteiger charge is 2.27. The van der Waals surface area contributed by atoms with E-state index in [9.17, 15) is 13.2 Å². The third kappa shape index (κ3) is 5.16. The molecule has 158 valence electrons. The first kappa shape index (κ1) is 21.2. The summed E-state index contributed by atoms with van der Waals surface area (Å²) in [6.07, 6.45) is 1.78. The zero-order valence-corrected chi connectivity index (χ0v) is 18.2. The molecular weight excluding hydrogens is 430 g/mol. The molecule has 6 nitrogen and oxygen atoms in total. The Morgan fingerprint density at radius 1 is 0.968 bits per heavy atom. The third-order valence-electron chi connectivity index (χ3n) is 4.80. The Morgan fingerprint density at radius 3 is 2.55 bits per heavy atom. The van der Waals surface area contributed by atoms with Gasteiger partial charge in [0.25, 0.3) is 0 Å². The second-order valence-corrected chi connectivity index (χ2v) is 9.71. The van der Waals surface area contributed by atoms with Crippen LogP contribution in [0.4, 0.5) is 0 Å². The van der Waals surface area contributed by atoms with Gasteiger partial charge in [-0.3, -0.25) is 9.78 Å². The van der Waals surface area contributed by atoms with Crippen molar-refractivity contribution < 1.29 is 13.2 Å². The highest BCUT2D eigenvalue weighted by Crippen LogP contribution is 2.21. The van der Waals surface area contributed by atoms with Crippen LogP contribution >= 0.6 is 11.3 Å². The maximum atomic E-state index is 13.3. The number of sulfonamides is 1. The van der Waals surface area contributed by atoms with Gasteiger partial charge in [-0.05, 0) is 35.6 Å². The second-order valence-electron chi connectivity index (χ2n) is 6.99. The first-order chi connectivity index (χ1) is 15.0. The standard InChI is InChI=1S/C23H21N3O3S2/c27-23(25-16-19-11-6-14-30-19)20(15-17-7-2-1-3-8-17)26-31(28,29)21-12-4-9-18-10-5-13-24-22(18)21/h1-14,20,26H,15-16H2,(H,25,27)/t20-/m0/s1. The quantitative estimate of drug-likeness (QED) is 0.429. The molecule has 0 aliphatic rings. The molecular formula is C23H21N3O3S2. The van der Waals surface area contributed by atoms with Crippen molar-refractivity contribution in [1.82, 2.24) is 15.0 Å². The summed E-state index contributed by atoms with van der Waals surface area (Å²) in [5, 5.41) is 5.49. The summed E-state index contributed by atoms with van der Waals surface area (Å²) in [7, 11) is -3.99. The molecule has 0 unspecified atom stereocenters. The molecule has 2 aromatic carbocycles. The predicted molar refractivity (Wildman–Crippen MR) is 122 cm³/mol. The van der Waals surface area contributed by atoms with Gasteiger partial charge in [-0.25, -0.2) is 8.42 Å². The van der Waals surface area contributed by atoms with Gasteiger partial charge in [-0.1, -0.05) is 54.6 Å². The minimum Gasteiger partial charge on any atom is -0.350 e. The lowest BCUT2D eigenvalue weighted by Gasteiger charge is -2.19. The number of nitrogens with one attached hydrogen (secondary N) is 2. The van der Waals surface area contributed by atoms with Crippen molar-refractivity contribution in [3.05, 3.63) is 94.8 Å². The van der Waals surface area contributed by atoms with Gasteiger partial charge in [0, 0.05) is 16.5 Å². The maximum absolute atomic E-state index is 13.3. The predicted octanol–water partition coefficient (Wildman–Crippen LogP) is 3.50. The van der Waals surface area contributed by atoms with Crippen molar-refractivity contribution in [2.75, 3.05) is 0 Å². The smallest absolute Gasteiger partial charge is 0.243 e. The van der Waals surface area contributed by atoms with Crippen LogP contribution in [0.25, 0.3) is 10.9 Å². The average molecular weight is 452 g/mol. The van der Waals surface area contributed by atoms with Gasteiger partial charge in [0.15, 0.2) is 0 Å². The lowest BCUT2D eigenvalue weighted by Crippen LogP contribution is -2.47. The molecule has 8 heteroatoms. The molecule has 31 heavy (non-hydrogen) atoms. The summed E-state index contributed by atoms with van der Waals surface area (Å²) in [6, 6.07) is 20.7. The number of rotatable bonds is 8. The number of hydrogen-bond acceptors (Lipinski definition) is 5. The summed E-state index contributed by atoms with van der Waals surface area (Å²) in [6.45, 7) is 0.347. The number of aromatic nitrogens is 1. The van der Waals surface area contributed by atoms with Crippen LogP contribution in [0.15, 0.2) is 89.3 Å². The zero-order valence-electron chi connectivity index (χ0n) is 16.6. The Labute approximate surface area is 185 Å². The third-order valence-corrected chi connectivity index (χ3v) is 7.18. The van der Waals surface area contributed by atoms with Gasteiger partial charge >= 0.3 is 0 Å². The number of nitrogens with zero attached hydrogens (tertiary/aromatic N) is 1. The minimum atomic E-state index is -3.99. The Kier molecular flexibility index (Phi) is 6.41. The second kappa shape index (κ2) is 9.38. The topological polar surface area (TPSA) is 88.2 Å². The fourth-order valence-corrected chi connectivity index (χ4v) is 5.31. The molecule has 4 rings (SSSR count). The monoisotopic (exact) mass is 451 g/mol. The minimum absolute atomic E-state index is 0.0507. The summed E-state index contributed by atoms with van der Waals surface area (Å²) >= 11 is 1.53. The molecule has 0 fully saturated rings. The Hall–Kier alpha value is -3.07. The molecule has 2 aromatic heterocycles. The van der Waals surface area contributed by atoms with Crippen molar-refractivity contribution >= 4 is 38.2 Å². The lowest BCUT2D eigenvalue weighted by atomic mass is 10.1. The van der Waals surface area contributed by atoms with Crippen molar-refractivity contribution in [3.8, 4) is 0 Å². The molecule has 0 saturated heterocycles. The number of para-hydroxylation sites is 1. The van der Waals surface area contributed by atoms with Gasteiger partial charge in [-0.15, -0.1) is 11.3 Å². The highest BCUT2D eigenvalue weighted by atomic mass is 32.2. The first-order valence-corrected chi connectivity index (χ1v) is 12.1. The number of pyridine rings is 1. The number of fused-ring (bicyclic) bond motifs is 1. The van der Waals surface area contributed by atoms with Crippen molar-refractivity contribution in [2.45, 2.75) is 23.9 Å². The van der Waals surface area contributed by atoms with Crippen LogP contribution in [0.2, 0.25) is 0 Å². The molecule has 0 aliphatic heterocycles. The average Bonchev–Trinajstić information content (AvgIpc) is 3.31. The van der Waals surface area contributed by atoms with Gasteiger partial charge in [-0.2, -0.15) is 4.72 Å². The molecule has 0 bridgehead atoms. The summed E-state index contributed by atoms with van der Waals surface area (Å²) in [5.41, 5.74) is 1.23. The summed E-state index contributed by atoms with van der Waals surface area (Å²) in [5.74, 6) is -0.381. The van der Waals surface area contributed by atoms with Crippen LogP contribution in [0.1, 0.15) is 10.4 Å². The van der Waals surface area contributed by atoms with Crippen molar-refractivity contribution in [3.63, 3.8) is 0 Å². The van der Waals surface area contributed by atoms with E-state index >= 15 is 0 Å². The number of carbonyl (C=O) groups is 1. The van der Waals surface area contributed by atoms with Gasteiger partial charge in [0.2, 0.25) is 15.9 Å². The van der Waals surface area contributed by atoms with E-state index in [0.717, 1.165) is 10.4 Å². The first-order valence-electron chi connectivity index (χ1n) is 9.73. The van der Waals surface area contributed by atoms with Crippen LogP contribution in [-0.4, -0.2) is 25.4 Å². The van der Waals surface area contributed by atoms with Crippen LogP contribution in [0.5, 0.6) is 0 Å². The van der Waals surface area contributed by atoms with E-state index in [1.165, 1.54) is 17.4 Å². The summed E-state index contributed by atoms with van der Waals surface area (Å²) in [4.78, 5) is 18.2. The number of thiophene rings is 1. The van der Waals surface area contributed by atoms with Crippen molar-refractivity contribution in [2.24, 2.45) is 0 Å². The van der Waals surface area contributed by atoms with Gasteiger partial charge in [0.1, 0.15) is 10.9 Å². The van der Waals surface area contributed by atoms with E-state index in [4.69, 9.17) is 0 Å². The zero-order chi connectivity index (χ0) is 21.7. The SMILES string of the molecule is O=C(NCc1cccs1)[C@H](Cc1ccccc1)NS(=O)(=O)c1cccc2cccnc12. The van der Waals surface area contributed by atoms with Crippen molar-refractivity contribution in [1.29, 1.82) is 0 Å². The molecule has 4 aromatic rings. The fraction of sp³-hybridized carbons (Fsp3) is 0.130. The summed E-state index contributed by atoms with van der Waals surface area (Å²) < 4.78 is 29.1. The Balaban J connectivity index is 1.61. The van der Waals surface area contributed by atoms with E-state index in [1.807, 2.05) is 47.8 Å². The fourth-order valence-electron chi connectivity index (χ4n) is 3.29. The number of carbonyl (C=O) groups excluding carboxylic acids is 1. The molecule has 2 N–H and O–H groups in total. The van der Waals surface area contributed by atoms with Crippen LogP contribution in [-0.2, 0) is 27.8 Å². The van der Waals surface area contributed by atoms with Gasteiger partial charge in [0.05, 0.1) is 12.1 Å². The molecule has 2 heterocycles. The van der Waals surface area contributed by atoms with E-state index in [2.05, 4.69) is 15.0 Å². The Morgan fingerprint density at radius 2 is 1.77 bits per heavy atom. The largest absolute Gasteiger partial charge is 0.350 e. The molecule has 0 saturated carbocycles. The number of benzene rings is 2. The number of hydrogen-bond donors (Lipinski definition) is 2. The Bertz CT molecular complexity index is 1270. The molecule has 0 aliphatic carbocycles. The van der Waals surface area contributed by atoms with E-state index < -0.39 is 16.1 Å². The van der Waals surface area contributed by atoms with Crippen LogP contribution in [0.3, 0.4) is 0 Å². The van der Waals surface area contributed by atoms with Crippen LogP contribution < -0.4 is 10.0 Å². The van der Waals surface area contributed by atoms with Gasteiger partial charge < -0.3 is 5.32 Å². The molecule has 0 radical (unpaired) electrons. The van der Waals surface area contributed by atoms with E-state index in [0.29, 0.717) is 17.4 Å². The van der Waals surface area contributed by atoms with E-state index in [-0.39, 0.29) is 17.2 Å². The maximum Gasteiger partial charge on any atom is 0.243 e. The number of amides is 1. The van der Waals surface area contributed by atoms with E-state index in [1.54, 1.807) is 30.5 Å². The molecule has 0 spiro atoms. The normalized spacial score (nSPS) is 12.5. The lowest BCUT2D eigenvalue weighted by molar-refractivity contribution is -0.122. The molecule has 1 atom stereocenters.